The van der Waals surface area contributed by atoms with Gasteiger partial charge in [0, 0.05) is 25.9 Å². The number of carbonyl (C=O) groups is 1. The average molecular weight is 270 g/mol. The van der Waals surface area contributed by atoms with Gasteiger partial charge in [-0.25, -0.2) is 4.39 Å². The van der Waals surface area contributed by atoms with Crippen LogP contribution >= 0.6 is 0 Å². The molecule has 3 N–H and O–H groups in total. The van der Waals surface area contributed by atoms with Crippen LogP contribution in [0.1, 0.15) is 16.8 Å². The molecule has 106 valence electrons. The number of hydrogen-bond donors (Lipinski definition) is 2. The van der Waals surface area contributed by atoms with E-state index in [-0.39, 0.29) is 17.2 Å². The highest BCUT2D eigenvalue weighted by atomic mass is 19.1. The zero-order valence-electron chi connectivity index (χ0n) is 10.9. The number of benzene rings is 1. The second kappa shape index (κ2) is 8.44. The number of nitrogen functional groups attached to an aromatic ring is 1. The molecule has 0 spiro atoms. The molecule has 1 rings (SSSR count). The smallest absolute Gasteiger partial charge is 0.253 e. The third-order valence-corrected chi connectivity index (χ3v) is 2.44. The van der Waals surface area contributed by atoms with Crippen LogP contribution in [0.3, 0.4) is 0 Å². The molecule has 0 saturated heterocycles. The van der Waals surface area contributed by atoms with Crippen molar-refractivity contribution in [3.8, 4) is 0 Å². The normalized spacial score (nSPS) is 10.4. The van der Waals surface area contributed by atoms with Crippen LogP contribution in [0.5, 0.6) is 0 Å². The highest BCUT2D eigenvalue weighted by molar-refractivity contribution is 5.99. The van der Waals surface area contributed by atoms with Gasteiger partial charge in [0.25, 0.3) is 5.91 Å². The number of nitrogens with two attached hydrogens (primary N) is 1. The Kier molecular flexibility index (Phi) is 6.84. The van der Waals surface area contributed by atoms with Crippen LogP contribution in [-0.2, 0) is 9.47 Å². The standard InChI is InChI=1S/C13H19FN2O3/c1-18-7-8-19-6-2-5-16-13(17)11-9-10(14)3-4-12(11)15/h3-4,9H,2,5-8,15H2,1H3,(H,16,17). The molecule has 19 heavy (non-hydrogen) atoms. The van der Waals surface area contributed by atoms with Crippen LogP contribution in [0.25, 0.3) is 0 Å². The van der Waals surface area contributed by atoms with Crippen molar-refractivity contribution in [2.24, 2.45) is 0 Å². The third kappa shape index (κ3) is 5.67. The zero-order chi connectivity index (χ0) is 14.1. The van der Waals surface area contributed by atoms with Gasteiger partial charge in [0.1, 0.15) is 5.82 Å². The summed E-state index contributed by atoms with van der Waals surface area (Å²) in [6.07, 6.45) is 0.671. The summed E-state index contributed by atoms with van der Waals surface area (Å²) >= 11 is 0. The summed E-state index contributed by atoms with van der Waals surface area (Å²) in [6, 6.07) is 3.72. The largest absolute Gasteiger partial charge is 0.398 e. The Morgan fingerprint density at radius 2 is 2.16 bits per heavy atom. The number of carbonyl (C=O) groups excluding carboxylic acids is 1. The summed E-state index contributed by atoms with van der Waals surface area (Å²) in [5.74, 6) is -0.865. The topological polar surface area (TPSA) is 73.6 Å². The van der Waals surface area contributed by atoms with Gasteiger partial charge in [0.2, 0.25) is 0 Å². The van der Waals surface area contributed by atoms with Crippen LogP contribution < -0.4 is 11.1 Å². The van der Waals surface area contributed by atoms with Gasteiger partial charge >= 0.3 is 0 Å². The molecule has 0 bridgehead atoms. The van der Waals surface area contributed by atoms with Gasteiger partial charge in [0.15, 0.2) is 0 Å². The number of anilines is 1. The van der Waals surface area contributed by atoms with E-state index in [0.717, 1.165) is 6.07 Å². The van der Waals surface area contributed by atoms with Crippen molar-refractivity contribution >= 4 is 11.6 Å². The zero-order valence-corrected chi connectivity index (χ0v) is 10.9. The molecular formula is C13H19FN2O3. The minimum absolute atomic E-state index is 0.153. The first-order valence-electron chi connectivity index (χ1n) is 6.05. The van der Waals surface area contributed by atoms with E-state index in [1.54, 1.807) is 7.11 Å². The Balaban J connectivity index is 2.26. The summed E-state index contributed by atoms with van der Waals surface area (Å²) in [6.45, 7) is 2.05. The van der Waals surface area contributed by atoms with E-state index in [1.165, 1.54) is 12.1 Å². The predicted molar refractivity (Wildman–Crippen MR) is 70.5 cm³/mol. The SMILES string of the molecule is COCCOCCCNC(=O)c1cc(F)ccc1N. The molecule has 6 heteroatoms. The highest BCUT2D eigenvalue weighted by Crippen LogP contribution is 2.12. The van der Waals surface area contributed by atoms with Crippen molar-refractivity contribution in [1.82, 2.24) is 5.32 Å². The monoisotopic (exact) mass is 270 g/mol. The average Bonchev–Trinajstić information content (AvgIpc) is 2.40. The molecule has 0 heterocycles. The number of hydrogen-bond acceptors (Lipinski definition) is 4. The number of methoxy groups -OCH3 is 1. The highest BCUT2D eigenvalue weighted by Gasteiger charge is 2.09. The summed E-state index contributed by atoms with van der Waals surface area (Å²) < 4.78 is 23.1. The van der Waals surface area contributed by atoms with Gasteiger partial charge in [-0.3, -0.25) is 4.79 Å². The molecule has 0 unspecified atom stereocenters. The molecule has 0 aliphatic carbocycles. The predicted octanol–water partition coefficient (Wildman–Crippen LogP) is 1.19. The Morgan fingerprint density at radius 3 is 2.89 bits per heavy atom. The van der Waals surface area contributed by atoms with Crippen molar-refractivity contribution in [1.29, 1.82) is 0 Å². The first-order chi connectivity index (χ1) is 9.15. The molecule has 1 amide bonds. The fourth-order valence-corrected chi connectivity index (χ4v) is 1.44. The maximum Gasteiger partial charge on any atom is 0.253 e. The van der Waals surface area contributed by atoms with Gasteiger partial charge in [-0.05, 0) is 24.6 Å². The lowest BCUT2D eigenvalue weighted by Gasteiger charge is -2.08. The van der Waals surface area contributed by atoms with E-state index in [0.29, 0.717) is 32.8 Å². The number of amides is 1. The van der Waals surface area contributed by atoms with Crippen LogP contribution in [0.15, 0.2) is 18.2 Å². The van der Waals surface area contributed by atoms with Crippen molar-refractivity contribution in [3.63, 3.8) is 0 Å². The fourth-order valence-electron chi connectivity index (χ4n) is 1.44. The van der Waals surface area contributed by atoms with E-state index in [2.05, 4.69) is 5.32 Å². The molecule has 0 aliphatic heterocycles. The van der Waals surface area contributed by atoms with Crippen LogP contribution in [0, 0.1) is 5.82 Å². The van der Waals surface area contributed by atoms with Gasteiger partial charge in [-0.2, -0.15) is 0 Å². The second-order valence-electron chi connectivity index (χ2n) is 3.95. The Morgan fingerprint density at radius 1 is 1.37 bits per heavy atom. The lowest BCUT2D eigenvalue weighted by molar-refractivity contribution is 0.0688. The first kappa shape index (κ1) is 15.4. The van der Waals surface area contributed by atoms with Crippen LogP contribution in [0.2, 0.25) is 0 Å². The van der Waals surface area contributed by atoms with E-state index in [9.17, 15) is 9.18 Å². The van der Waals surface area contributed by atoms with Crippen molar-refractivity contribution < 1.29 is 18.7 Å². The van der Waals surface area contributed by atoms with E-state index in [4.69, 9.17) is 15.2 Å². The summed E-state index contributed by atoms with van der Waals surface area (Å²) in [7, 11) is 1.60. The van der Waals surface area contributed by atoms with E-state index < -0.39 is 5.82 Å². The lowest BCUT2D eigenvalue weighted by Crippen LogP contribution is -2.26. The summed E-state index contributed by atoms with van der Waals surface area (Å²) in [5.41, 5.74) is 6.02. The van der Waals surface area contributed by atoms with Crippen molar-refractivity contribution in [2.75, 3.05) is 39.2 Å². The molecule has 0 radical (unpaired) electrons. The minimum Gasteiger partial charge on any atom is -0.398 e. The van der Waals surface area contributed by atoms with Gasteiger partial charge < -0.3 is 20.5 Å². The summed E-state index contributed by atoms with van der Waals surface area (Å²) in [5, 5.41) is 2.66. The van der Waals surface area contributed by atoms with E-state index in [1.807, 2.05) is 0 Å². The molecule has 0 aromatic heterocycles. The lowest BCUT2D eigenvalue weighted by atomic mass is 10.1. The molecule has 0 aliphatic rings. The quantitative estimate of drug-likeness (QED) is 0.550. The molecule has 0 atom stereocenters. The Labute approximate surface area is 111 Å². The molecule has 5 nitrogen and oxygen atoms in total. The van der Waals surface area contributed by atoms with Crippen molar-refractivity contribution in [2.45, 2.75) is 6.42 Å². The van der Waals surface area contributed by atoms with Crippen LogP contribution in [0.4, 0.5) is 10.1 Å². The van der Waals surface area contributed by atoms with Crippen LogP contribution in [-0.4, -0.2) is 39.4 Å². The number of ether oxygens (including phenoxy) is 2. The third-order valence-electron chi connectivity index (χ3n) is 2.44. The minimum atomic E-state index is -0.484. The maximum absolute atomic E-state index is 13.0. The number of nitrogens with one attached hydrogen (secondary N) is 1. The van der Waals surface area contributed by atoms with Crippen molar-refractivity contribution in [3.05, 3.63) is 29.6 Å². The van der Waals surface area contributed by atoms with E-state index >= 15 is 0 Å². The number of halogens is 1. The Bertz CT molecular complexity index is 413. The molecule has 1 aromatic carbocycles. The first-order valence-corrected chi connectivity index (χ1v) is 6.05. The Hall–Kier alpha value is -1.66. The van der Waals surface area contributed by atoms with Gasteiger partial charge in [0.05, 0.1) is 18.8 Å². The second-order valence-corrected chi connectivity index (χ2v) is 3.95. The molecular weight excluding hydrogens is 251 g/mol. The molecule has 0 saturated carbocycles. The maximum atomic E-state index is 13.0. The molecule has 1 aromatic rings. The van der Waals surface area contributed by atoms with Gasteiger partial charge in [-0.1, -0.05) is 0 Å². The van der Waals surface area contributed by atoms with Gasteiger partial charge in [-0.15, -0.1) is 0 Å². The summed E-state index contributed by atoms with van der Waals surface area (Å²) in [4.78, 5) is 11.7. The fraction of sp³-hybridized carbons (Fsp3) is 0.462. The number of rotatable bonds is 8. The molecule has 0 fully saturated rings.